The maximum atomic E-state index is 13.9. The van der Waals surface area contributed by atoms with Crippen LogP contribution in [0.3, 0.4) is 0 Å². The monoisotopic (exact) mass is 477 g/mol. The quantitative estimate of drug-likeness (QED) is 0.483. The van der Waals surface area contributed by atoms with Crippen molar-refractivity contribution in [1.82, 2.24) is 5.16 Å². The zero-order valence-corrected chi connectivity index (χ0v) is 20.7. The normalized spacial score (nSPS) is 36.9. The molecule has 2 aromatic heterocycles. The van der Waals surface area contributed by atoms with Gasteiger partial charge in [0.2, 0.25) is 5.78 Å². The van der Waals surface area contributed by atoms with Crippen LogP contribution >= 0.6 is 11.3 Å². The van der Waals surface area contributed by atoms with E-state index in [0.29, 0.717) is 40.4 Å². The van der Waals surface area contributed by atoms with Crippen molar-refractivity contribution in [2.45, 2.75) is 65.2 Å². The van der Waals surface area contributed by atoms with E-state index in [9.17, 15) is 14.4 Å². The fourth-order valence-corrected chi connectivity index (χ4v) is 8.94. The molecule has 0 aromatic carbocycles. The summed E-state index contributed by atoms with van der Waals surface area (Å²) in [5.41, 5.74) is 1.94. The fraction of sp³-hybridized carbons (Fsp3) is 0.571. The van der Waals surface area contributed by atoms with Crippen LogP contribution in [0.15, 0.2) is 39.9 Å². The van der Waals surface area contributed by atoms with Crippen molar-refractivity contribution in [1.29, 1.82) is 0 Å². The molecule has 0 amide bonds. The molecule has 6 heteroatoms. The lowest BCUT2D eigenvalue weighted by Gasteiger charge is -2.58. The average molecular weight is 478 g/mol. The first kappa shape index (κ1) is 22.1. The van der Waals surface area contributed by atoms with Crippen LogP contribution in [-0.2, 0) is 4.79 Å². The number of Topliss-reactive ketones (excluding diaryl/α,β-unsaturated/α-hetero) is 1. The molecule has 178 valence electrons. The summed E-state index contributed by atoms with van der Waals surface area (Å²) in [6, 6.07) is 3.59. The molecule has 3 fully saturated rings. The van der Waals surface area contributed by atoms with Crippen molar-refractivity contribution in [3.05, 3.63) is 51.6 Å². The van der Waals surface area contributed by atoms with Crippen LogP contribution in [-0.4, -0.2) is 22.5 Å². The summed E-state index contributed by atoms with van der Waals surface area (Å²) in [7, 11) is 0. The maximum absolute atomic E-state index is 13.9. The van der Waals surface area contributed by atoms with E-state index < -0.39 is 0 Å². The third-order valence-corrected chi connectivity index (χ3v) is 10.9. The second-order valence-corrected chi connectivity index (χ2v) is 12.3. The summed E-state index contributed by atoms with van der Waals surface area (Å²) in [6.45, 7) is 4.71. The second-order valence-electron chi connectivity index (χ2n) is 11.4. The summed E-state index contributed by atoms with van der Waals surface area (Å²) in [4.78, 5) is 39.5. The number of carbonyl (C=O) groups is 3. The second kappa shape index (κ2) is 7.84. The van der Waals surface area contributed by atoms with Gasteiger partial charge >= 0.3 is 0 Å². The van der Waals surface area contributed by atoms with E-state index in [2.05, 4.69) is 19.0 Å². The number of thiophene rings is 1. The van der Waals surface area contributed by atoms with E-state index in [1.54, 1.807) is 6.07 Å². The van der Waals surface area contributed by atoms with Crippen LogP contribution in [0.25, 0.3) is 0 Å². The van der Waals surface area contributed by atoms with Crippen molar-refractivity contribution in [2.75, 3.05) is 0 Å². The molecule has 5 nitrogen and oxygen atoms in total. The summed E-state index contributed by atoms with van der Waals surface area (Å²) in [5, 5.41) is 5.80. The van der Waals surface area contributed by atoms with Gasteiger partial charge in [0.05, 0.1) is 10.4 Å². The first-order valence-corrected chi connectivity index (χ1v) is 13.5. The predicted octanol–water partition coefficient (Wildman–Crippen LogP) is 6.30. The SMILES string of the molecule is CC12CCC(=O)C=C1CCC1C2CCC2(C)C(C(=O)c3conc3C(=O)c3cccs3)CCC12. The molecule has 0 saturated heterocycles. The number of hydrogen-bond acceptors (Lipinski definition) is 6. The summed E-state index contributed by atoms with van der Waals surface area (Å²) in [6.07, 6.45) is 11.1. The Morgan fingerprint density at radius 3 is 2.74 bits per heavy atom. The van der Waals surface area contributed by atoms with E-state index in [-0.39, 0.29) is 34.0 Å². The largest absolute Gasteiger partial charge is 0.363 e. The minimum atomic E-state index is -0.234. The lowest BCUT2D eigenvalue weighted by molar-refractivity contribution is -0.117. The van der Waals surface area contributed by atoms with E-state index in [4.69, 9.17) is 4.52 Å². The number of fused-ring (bicyclic) bond motifs is 5. The van der Waals surface area contributed by atoms with Crippen LogP contribution < -0.4 is 0 Å². The van der Waals surface area contributed by atoms with Gasteiger partial charge < -0.3 is 4.52 Å². The molecule has 4 aliphatic rings. The van der Waals surface area contributed by atoms with Crippen LogP contribution in [0.4, 0.5) is 0 Å². The molecule has 6 unspecified atom stereocenters. The Morgan fingerprint density at radius 1 is 1.09 bits per heavy atom. The zero-order chi connectivity index (χ0) is 23.7. The summed E-state index contributed by atoms with van der Waals surface area (Å²) < 4.78 is 5.16. The molecule has 0 aliphatic heterocycles. The van der Waals surface area contributed by atoms with Gasteiger partial charge in [0.1, 0.15) is 6.26 Å². The number of hydrogen-bond donors (Lipinski definition) is 0. The Kier molecular flexibility index (Phi) is 5.11. The standard InChI is InChI=1S/C28H31NO4S/c1-27-11-9-17(30)14-16(27)5-6-18-20-7-8-22(28(20,2)12-10-21(18)27)25(31)19-15-33-29-24(19)26(32)23-4-3-13-34-23/h3-4,13-15,18,20-22H,5-12H2,1-2H3. The Morgan fingerprint density at radius 2 is 1.94 bits per heavy atom. The van der Waals surface area contributed by atoms with E-state index >= 15 is 0 Å². The number of allylic oxidation sites excluding steroid dienone is 1. The van der Waals surface area contributed by atoms with Crippen LogP contribution in [0, 0.1) is 34.5 Å². The Balaban J connectivity index is 1.28. The van der Waals surface area contributed by atoms with E-state index in [1.165, 1.54) is 23.2 Å². The molecule has 4 aliphatic carbocycles. The van der Waals surface area contributed by atoms with E-state index in [1.807, 2.05) is 17.5 Å². The number of nitrogens with zero attached hydrogens (tertiary/aromatic N) is 1. The van der Waals surface area contributed by atoms with Gasteiger partial charge in [-0.2, -0.15) is 0 Å². The van der Waals surface area contributed by atoms with Crippen LogP contribution in [0.5, 0.6) is 0 Å². The third kappa shape index (κ3) is 3.10. The molecular formula is C28H31NO4S. The van der Waals surface area contributed by atoms with Gasteiger partial charge in [0, 0.05) is 12.3 Å². The molecule has 0 spiro atoms. The zero-order valence-electron chi connectivity index (χ0n) is 19.8. The van der Waals surface area contributed by atoms with Gasteiger partial charge in [-0.25, -0.2) is 0 Å². The Labute approximate surface area is 204 Å². The molecule has 0 N–H and O–H groups in total. The highest BCUT2D eigenvalue weighted by Crippen LogP contribution is 2.66. The number of rotatable bonds is 4. The van der Waals surface area contributed by atoms with Crippen molar-refractivity contribution >= 4 is 28.7 Å². The van der Waals surface area contributed by atoms with Gasteiger partial charge in [0.15, 0.2) is 17.3 Å². The lowest BCUT2D eigenvalue weighted by atomic mass is 9.46. The third-order valence-electron chi connectivity index (χ3n) is 10.1. The van der Waals surface area contributed by atoms with Crippen molar-refractivity contribution in [3.8, 4) is 0 Å². The fourth-order valence-electron chi connectivity index (χ4n) is 8.28. The number of carbonyl (C=O) groups excluding carboxylic acids is 3. The molecule has 6 atom stereocenters. The summed E-state index contributed by atoms with van der Waals surface area (Å²) >= 11 is 1.35. The minimum Gasteiger partial charge on any atom is -0.363 e. The molecule has 34 heavy (non-hydrogen) atoms. The average Bonchev–Trinajstić information content (AvgIpc) is 3.58. The molecule has 6 rings (SSSR count). The Bertz CT molecular complexity index is 1190. The molecule has 2 heterocycles. The van der Waals surface area contributed by atoms with Crippen LogP contribution in [0.1, 0.15) is 90.9 Å². The topological polar surface area (TPSA) is 77.2 Å². The van der Waals surface area contributed by atoms with Crippen molar-refractivity contribution in [2.24, 2.45) is 34.5 Å². The summed E-state index contributed by atoms with van der Waals surface area (Å²) in [5.74, 6) is 1.68. The lowest BCUT2D eigenvalue weighted by Crippen LogP contribution is -2.51. The van der Waals surface area contributed by atoms with E-state index in [0.717, 1.165) is 44.9 Å². The van der Waals surface area contributed by atoms with Gasteiger partial charge in [-0.1, -0.05) is 30.6 Å². The maximum Gasteiger partial charge on any atom is 0.225 e. The molecule has 0 radical (unpaired) electrons. The van der Waals surface area contributed by atoms with Crippen molar-refractivity contribution < 1.29 is 18.9 Å². The molecule has 2 aromatic rings. The smallest absolute Gasteiger partial charge is 0.225 e. The molecule has 3 saturated carbocycles. The highest BCUT2D eigenvalue weighted by atomic mass is 32.1. The minimum absolute atomic E-state index is 0.0236. The highest BCUT2D eigenvalue weighted by molar-refractivity contribution is 7.12. The van der Waals surface area contributed by atoms with Gasteiger partial charge in [0.25, 0.3) is 0 Å². The number of aromatic nitrogens is 1. The Hall–Kier alpha value is -2.34. The van der Waals surface area contributed by atoms with Crippen LogP contribution in [0.2, 0.25) is 0 Å². The highest BCUT2D eigenvalue weighted by Gasteiger charge is 2.60. The predicted molar refractivity (Wildman–Crippen MR) is 129 cm³/mol. The number of ketones is 3. The molecular weight excluding hydrogens is 446 g/mol. The van der Waals surface area contributed by atoms with Crippen molar-refractivity contribution in [3.63, 3.8) is 0 Å². The van der Waals surface area contributed by atoms with Gasteiger partial charge in [-0.05, 0) is 91.1 Å². The first-order valence-electron chi connectivity index (χ1n) is 12.6. The van der Waals surface area contributed by atoms with Gasteiger partial charge in [-0.15, -0.1) is 11.3 Å². The first-order chi connectivity index (χ1) is 16.3. The molecule has 0 bridgehead atoms. The van der Waals surface area contributed by atoms with Gasteiger partial charge in [-0.3, -0.25) is 14.4 Å².